The zero-order valence-electron chi connectivity index (χ0n) is 15.7. The average Bonchev–Trinajstić information content (AvgIpc) is 3.43. The highest BCUT2D eigenvalue weighted by Gasteiger charge is 2.31. The third kappa shape index (κ3) is 5.82. The summed E-state index contributed by atoms with van der Waals surface area (Å²) in [5.41, 5.74) is 0. The van der Waals surface area contributed by atoms with Crippen LogP contribution in [0, 0.1) is 0 Å². The predicted octanol–water partition coefficient (Wildman–Crippen LogP) is 1.73. The Kier molecular flexibility index (Phi) is 7.88. The Morgan fingerprint density at radius 2 is 1.87 bits per heavy atom. The SMILES string of the molecule is O=C(COC(=O)c1sccc1S(=O)(=O)N1CCSCC1)NC(=O)NCc1cccs1. The number of nitrogens with zero attached hydrogens (tertiary/aromatic N) is 1. The molecule has 0 aromatic carbocycles. The Hall–Kier alpha value is -1.93. The van der Waals surface area contributed by atoms with Crippen LogP contribution in [0.5, 0.6) is 0 Å². The topological polar surface area (TPSA) is 122 Å². The summed E-state index contributed by atoms with van der Waals surface area (Å²) in [7, 11) is -3.81. The minimum atomic E-state index is -3.81. The van der Waals surface area contributed by atoms with E-state index in [4.69, 9.17) is 4.74 Å². The molecular formula is C17H19N3O6S4. The molecular weight excluding hydrogens is 470 g/mol. The van der Waals surface area contributed by atoms with Gasteiger partial charge in [-0.3, -0.25) is 10.1 Å². The highest BCUT2D eigenvalue weighted by atomic mass is 32.2. The van der Waals surface area contributed by atoms with Crippen molar-refractivity contribution >= 4 is 62.4 Å². The standard InChI is InChI=1S/C17H19N3O6S4/c21-14(19-17(23)18-10-12-2-1-6-28-12)11-26-16(22)15-13(3-7-29-15)30(24,25)20-4-8-27-9-5-20/h1-3,6-7H,4-5,8-11H2,(H2,18,19,21,23). The molecule has 0 spiro atoms. The van der Waals surface area contributed by atoms with Gasteiger partial charge >= 0.3 is 12.0 Å². The van der Waals surface area contributed by atoms with Crippen LogP contribution in [0.4, 0.5) is 4.79 Å². The van der Waals surface area contributed by atoms with Gasteiger partial charge in [0.05, 0.1) is 6.54 Å². The van der Waals surface area contributed by atoms with Crippen LogP contribution in [0.15, 0.2) is 33.9 Å². The molecule has 3 heterocycles. The Labute approximate surface area is 185 Å². The predicted molar refractivity (Wildman–Crippen MR) is 115 cm³/mol. The number of ether oxygens (including phenoxy) is 1. The van der Waals surface area contributed by atoms with Crippen LogP contribution in [0.3, 0.4) is 0 Å². The molecule has 2 N–H and O–H groups in total. The van der Waals surface area contributed by atoms with Crippen molar-refractivity contribution in [1.29, 1.82) is 0 Å². The first-order valence-electron chi connectivity index (χ1n) is 8.80. The number of hydrogen-bond donors (Lipinski definition) is 2. The van der Waals surface area contributed by atoms with E-state index in [1.165, 1.54) is 27.1 Å². The lowest BCUT2D eigenvalue weighted by Crippen LogP contribution is -2.41. The quantitative estimate of drug-likeness (QED) is 0.568. The van der Waals surface area contributed by atoms with Gasteiger partial charge in [0.15, 0.2) is 6.61 Å². The molecule has 0 atom stereocenters. The fourth-order valence-corrected chi connectivity index (χ4v) is 7.06. The van der Waals surface area contributed by atoms with Gasteiger partial charge in [0, 0.05) is 29.5 Å². The van der Waals surface area contributed by atoms with Crippen molar-refractivity contribution in [3.63, 3.8) is 0 Å². The number of nitrogens with one attached hydrogen (secondary N) is 2. The van der Waals surface area contributed by atoms with E-state index in [0.717, 1.165) is 16.2 Å². The summed E-state index contributed by atoms with van der Waals surface area (Å²) < 4.78 is 31.9. The minimum Gasteiger partial charge on any atom is -0.451 e. The second-order valence-electron chi connectivity index (χ2n) is 6.02. The summed E-state index contributed by atoms with van der Waals surface area (Å²) in [6, 6.07) is 4.32. The fourth-order valence-electron chi connectivity index (χ4n) is 2.56. The maximum atomic E-state index is 12.8. The number of rotatable bonds is 7. The summed E-state index contributed by atoms with van der Waals surface area (Å²) >= 11 is 4.06. The van der Waals surface area contributed by atoms with Crippen LogP contribution in [-0.2, 0) is 26.1 Å². The maximum absolute atomic E-state index is 12.8. The van der Waals surface area contributed by atoms with Crippen molar-refractivity contribution in [2.24, 2.45) is 0 Å². The molecule has 13 heteroatoms. The Morgan fingerprint density at radius 1 is 1.10 bits per heavy atom. The van der Waals surface area contributed by atoms with Crippen LogP contribution < -0.4 is 10.6 Å². The van der Waals surface area contributed by atoms with Gasteiger partial charge in [0.1, 0.15) is 9.77 Å². The number of amides is 3. The average molecular weight is 490 g/mol. The Morgan fingerprint density at radius 3 is 2.57 bits per heavy atom. The van der Waals surface area contributed by atoms with E-state index < -0.39 is 34.5 Å². The molecule has 1 aliphatic rings. The van der Waals surface area contributed by atoms with Crippen LogP contribution in [0.2, 0.25) is 0 Å². The number of carbonyl (C=O) groups is 3. The van der Waals surface area contributed by atoms with E-state index in [1.807, 2.05) is 17.5 Å². The fraction of sp³-hybridized carbons (Fsp3) is 0.353. The normalized spacial score (nSPS) is 14.8. The van der Waals surface area contributed by atoms with Crippen LogP contribution in [-0.4, -0.2) is 61.8 Å². The molecule has 2 aromatic rings. The first kappa shape index (κ1) is 22.7. The van der Waals surface area contributed by atoms with Crippen molar-refractivity contribution in [1.82, 2.24) is 14.9 Å². The number of hydrogen-bond acceptors (Lipinski definition) is 9. The number of carbonyl (C=O) groups excluding carboxylic acids is 3. The van der Waals surface area contributed by atoms with Gasteiger partial charge in [-0.1, -0.05) is 6.07 Å². The van der Waals surface area contributed by atoms with Crippen molar-refractivity contribution in [3.05, 3.63) is 38.7 Å². The van der Waals surface area contributed by atoms with Gasteiger partial charge in [0.2, 0.25) is 10.0 Å². The zero-order valence-corrected chi connectivity index (χ0v) is 18.9. The number of thioether (sulfide) groups is 1. The van der Waals surface area contributed by atoms with Gasteiger partial charge in [-0.25, -0.2) is 18.0 Å². The van der Waals surface area contributed by atoms with Crippen molar-refractivity contribution in [3.8, 4) is 0 Å². The first-order valence-corrected chi connectivity index (χ1v) is 13.2. The van der Waals surface area contributed by atoms with Gasteiger partial charge < -0.3 is 10.1 Å². The Balaban J connectivity index is 1.52. The lowest BCUT2D eigenvalue weighted by molar-refractivity contribution is -0.123. The second kappa shape index (κ2) is 10.4. The summed E-state index contributed by atoms with van der Waals surface area (Å²) in [6.45, 7) is 0.311. The molecule has 162 valence electrons. The van der Waals surface area contributed by atoms with Crippen molar-refractivity contribution in [2.45, 2.75) is 11.4 Å². The van der Waals surface area contributed by atoms with Crippen molar-refractivity contribution in [2.75, 3.05) is 31.2 Å². The van der Waals surface area contributed by atoms with Gasteiger partial charge in [-0.05, 0) is 22.9 Å². The minimum absolute atomic E-state index is 0.0943. The van der Waals surface area contributed by atoms with Crippen LogP contribution >= 0.6 is 34.4 Å². The number of imide groups is 1. The largest absolute Gasteiger partial charge is 0.451 e. The van der Waals surface area contributed by atoms with Crippen LogP contribution in [0.25, 0.3) is 0 Å². The lowest BCUT2D eigenvalue weighted by atomic mass is 10.4. The molecule has 3 amide bonds. The molecule has 30 heavy (non-hydrogen) atoms. The molecule has 2 aromatic heterocycles. The molecule has 9 nitrogen and oxygen atoms in total. The molecule has 0 radical (unpaired) electrons. The summed E-state index contributed by atoms with van der Waals surface area (Å²) in [4.78, 5) is 36.6. The third-order valence-electron chi connectivity index (χ3n) is 3.99. The van der Waals surface area contributed by atoms with E-state index >= 15 is 0 Å². The zero-order chi connectivity index (χ0) is 21.6. The monoisotopic (exact) mass is 489 g/mol. The van der Waals surface area contributed by atoms with E-state index in [-0.39, 0.29) is 16.3 Å². The summed E-state index contributed by atoms with van der Waals surface area (Å²) in [5, 5.41) is 7.91. The van der Waals surface area contributed by atoms with E-state index in [0.29, 0.717) is 24.6 Å². The van der Waals surface area contributed by atoms with Crippen molar-refractivity contribution < 1.29 is 27.5 Å². The first-order chi connectivity index (χ1) is 14.4. The molecule has 1 fully saturated rings. The summed E-state index contributed by atoms with van der Waals surface area (Å²) in [6.07, 6.45) is 0. The van der Waals surface area contributed by atoms with E-state index in [9.17, 15) is 22.8 Å². The maximum Gasteiger partial charge on any atom is 0.350 e. The van der Waals surface area contributed by atoms with Gasteiger partial charge in [0.25, 0.3) is 5.91 Å². The highest BCUT2D eigenvalue weighted by Crippen LogP contribution is 2.27. The number of sulfonamides is 1. The molecule has 0 aliphatic carbocycles. The van der Waals surface area contributed by atoms with Gasteiger partial charge in [-0.2, -0.15) is 16.1 Å². The summed E-state index contributed by atoms with van der Waals surface area (Å²) in [5.74, 6) is -0.361. The number of thiophene rings is 2. The number of urea groups is 1. The second-order valence-corrected chi connectivity index (χ2v) is 11.1. The Bertz CT molecular complexity index is 997. The van der Waals surface area contributed by atoms with Gasteiger partial charge in [-0.15, -0.1) is 22.7 Å². The molecule has 0 saturated carbocycles. The molecule has 0 bridgehead atoms. The third-order valence-corrected chi connectivity index (χ3v) is 8.78. The molecule has 3 rings (SSSR count). The highest BCUT2D eigenvalue weighted by molar-refractivity contribution is 7.99. The molecule has 1 aliphatic heterocycles. The molecule has 1 saturated heterocycles. The molecule has 0 unspecified atom stereocenters. The van der Waals surface area contributed by atoms with E-state index in [1.54, 1.807) is 11.8 Å². The van der Waals surface area contributed by atoms with E-state index in [2.05, 4.69) is 10.6 Å². The lowest BCUT2D eigenvalue weighted by Gasteiger charge is -2.25. The smallest absolute Gasteiger partial charge is 0.350 e. The number of esters is 1. The van der Waals surface area contributed by atoms with Crippen LogP contribution in [0.1, 0.15) is 14.5 Å².